The van der Waals surface area contributed by atoms with Crippen LogP contribution in [-0.2, 0) is 4.74 Å². The lowest BCUT2D eigenvalue weighted by molar-refractivity contribution is 0.107. The summed E-state index contributed by atoms with van der Waals surface area (Å²) < 4.78 is 5.55. The molecule has 0 aromatic carbocycles. The van der Waals surface area contributed by atoms with Crippen molar-refractivity contribution in [2.75, 3.05) is 20.2 Å². The molecule has 0 aromatic heterocycles. The van der Waals surface area contributed by atoms with Crippen molar-refractivity contribution in [3.63, 3.8) is 0 Å². The summed E-state index contributed by atoms with van der Waals surface area (Å²) in [4.78, 5) is 2.61. The fraction of sp³-hybridized carbons (Fsp3) is 0.857. The molecule has 2 atom stereocenters. The van der Waals surface area contributed by atoms with Gasteiger partial charge in [-0.05, 0) is 24.7 Å². The van der Waals surface area contributed by atoms with Crippen LogP contribution in [0.2, 0.25) is 0 Å². The summed E-state index contributed by atoms with van der Waals surface area (Å²) in [6.07, 6.45) is 4.03. The molecule has 0 saturated carbocycles. The molecule has 0 aromatic rings. The van der Waals surface area contributed by atoms with Crippen LogP contribution in [0, 0.1) is 5.41 Å². The highest BCUT2D eigenvalue weighted by Crippen LogP contribution is 2.47. The van der Waals surface area contributed by atoms with Gasteiger partial charge in [-0.3, -0.25) is 4.90 Å². The smallest absolute Gasteiger partial charge is 0.0716 e. The van der Waals surface area contributed by atoms with Gasteiger partial charge in [0.15, 0.2) is 0 Å². The van der Waals surface area contributed by atoms with Crippen molar-refractivity contribution >= 4 is 0 Å². The van der Waals surface area contributed by atoms with Crippen LogP contribution < -0.4 is 0 Å². The molecule has 0 bridgehead atoms. The summed E-state index contributed by atoms with van der Waals surface area (Å²) in [5, 5.41) is 0. The van der Waals surface area contributed by atoms with E-state index < -0.39 is 0 Å². The number of nitrogens with zero attached hydrogens (tertiary/aromatic N) is 1. The van der Waals surface area contributed by atoms with E-state index in [2.05, 4.69) is 32.3 Å². The molecule has 0 aliphatic carbocycles. The minimum atomic E-state index is 0.343. The quantitative estimate of drug-likeness (QED) is 0.667. The van der Waals surface area contributed by atoms with Crippen LogP contribution in [0.1, 0.15) is 40.0 Å². The lowest BCUT2D eigenvalue weighted by Gasteiger charge is -2.37. The Kier molecular flexibility index (Phi) is 2.92. The number of hydrogen-bond donors (Lipinski definition) is 0. The van der Waals surface area contributed by atoms with Crippen LogP contribution in [0.15, 0.2) is 12.2 Å². The van der Waals surface area contributed by atoms with Gasteiger partial charge in [0.05, 0.1) is 6.10 Å². The molecule has 2 heteroatoms. The zero-order valence-corrected chi connectivity index (χ0v) is 11.2. The molecule has 92 valence electrons. The Morgan fingerprint density at radius 2 is 2.19 bits per heavy atom. The Labute approximate surface area is 99.7 Å². The van der Waals surface area contributed by atoms with E-state index in [0.29, 0.717) is 17.1 Å². The third-order valence-corrected chi connectivity index (χ3v) is 3.89. The van der Waals surface area contributed by atoms with Crippen LogP contribution in [0.3, 0.4) is 0 Å². The van der Waals surface area contributed by atoms with Crippen molar-refractivity contribution in [2.45, 2.75) is 51.7 Å². The van der Waals surface area contributed by atoms with Gasteiger partial charge in [-0.25, -0.2) is 0 Å². The van der Waals surface area contributed by atoms with E-state index >= 15 is 0 Å². The molecule has 2 heterocycles. The van der Waals surface area contributed by atoms with Gasteiger partial charge in [0, 0.05) is 25.7 Å². The number of rotatable bonds is 2. The second-order valence-corrected chi connectivity index (χ2v) is 6.83. The SMILES string of the molecule is C=C1CN2C[C@@H](OC)C[C@@]2(CC(C)(C)C)C1. The summed E-state index contributed by atoms with van der Waals surface area (Å²) in [5.74, 6) is 0. The van der Waals surface area contributed by atoms with E-state index in [1.807, 2.05) is 7.11 Å². The Hall–Kier alpha value is -0.340. The standard InChI is InChI=1S/C14H25NO/c1-11-6-14(10-13(2,3)4)7-12(16-5)9-15(14)8-11/h12H,1,6-10H2,2-5H3/t12-,14+/m0/s1. The Morgan fingerprint density at radius 3 is 2.75 bits per heavy atom. The summed E-state index contributed by atoms with van der Waals surface area (Å²) in [7, 11) is 1.84. The largest absolute Gasteiger partial charge is 0.380 e. The molecule has 0 radical (unpaired) electrons. The van der Waals surface area contributed by atoms with Crippen molar-refractivity contribution in [1.82, 2.24) is 4.90 Å². The zero-order valence-electron chi connectivity index (χ0n) is 11.2. The molecule has 2 nitrogen and oxygen atoms in total. The lowest BCUT2D eigenvalue weighted by atomic mass is 9.77. The van der Waals surface area contributed by atoms with E-state index in [4.69, 9.17) is 4.74 Å². The van der Waals surface area contributed by atoms with Crippen LogP contribution in [0.5, 0.6) is 0 Å². The van der Waals surface area contributed by atoms with E-state index in [1.165, 1.54) is 24.8 Å². The predicted octanol–water partition coefficient (Wildman–Crippen LogP) is 2.84. The van der Waals surface area contributed by atoms with Crippen molar-refractivity contribution < 1.29 is 4.74 Å². The van der Waals surface area contributed by atoms with Gasteiger partial charge in [-0.2, -0.15) is 0 Å². The number of ether oxygens (including phenoxy) is 1. The first-order valence-electron chi connectivity index (χ1n) is 6.29. The van der Waals surface area contributed by atoms with Gasteiger partial charge < -0.3 is 4.74 Å². The van der Waals surface area contributed by atoms with Crippen molar-refractivity contribution in [1.29, 1.82) is 0 Å². The molecule has 2 rings (SSSR count). The van der Waals surface area contributed by atoms with Crippen LogP contribution in [0.4, 0.5) is 0 Å². The molecular formula is C14H25NO. The maximum Gasteiger partial charge on any atom is 0.0716 e. The first-order chi connectivity index (χ1) is 7.35. The molecule has 2 saturated heterocycles. The van der Waals surface area contributed by atoms with E-state index in [-0.39, 0.29) is 0 Å². The normalized spacial score (nSPS) is 35.8. The van der Waals surface area contributed by atoms with Crippen molar-refractivity contribution in [3.8, 4) is 0 Å². The Bertz CT molecular complexity index is 292. The topological polar surface area (TPSA) is 12.5 Å². The second-order valence-electron chi connectivity index (χ2n) is 6.83. The van der Waals surface area contributed by atoms with Gasteiger partial charge in [0.1, 0.15) is 0 Å². The average Bonchev–Trinajstić information content (AvgIpc) is 2.52. The minimum absolute atomic E-state index is 0.343. The van der Waals surface area contributed by atoms with Gasteiger partial charge in [0.25, 0.3) is 0 Å². The Balaban J connectivity index is 2.17. The van der Waals surface area contributed by atoms with Gasteiger partial charge in [-0.1, -0.05) is 32.9 Å². The van der Waals surface area contributed by atoms with Crippen molar-refractivity contribution in [2.24, 2.45) is 5.41 Å². The predicted molar refractivity (Wildman–Crippen MR) is 67.5 cm³/mol. The second kappa shape index (κ2) is 3.85. The third kappa shape index (κ3) is 2.18. The summed E-state index contributed by atoms with van der Waals surface area (Å²) in [6.45, 7) is 13.4. The van der Waals surface area contributed by atoms with Gasteiger partial charge in [-0.15, -0.1) is 0 Å². The molecule has 16 heavy (non-hydrogen) atoms. The molecule has 0 amide bonds. The number of methoxy groups -OCH3 is 1. The molecule has 2 aliphatic heterocycles. The maximum absolute atomic E-state index is 5.55. The summed E-state index contributed by atoms with van der Waals surface area (Å²) in [6, 6.07) is 0. The van der Waals surface area contributed by atoms with E-state index in [1.54, 1.807) is 0 Å². The fourth-order valence-corrected chi connectivity index (χ4v) is 3.66. The highest BCUT2D eigenvalue weighted by molar-refractivity contribution is 5.19. The van der Waals surface area contributed by atoms with Crippen LogP contribution >= 0.6 is 0 Å². The first-order valence-corrected chi connectivity index (χ1v) is 6.29. The zero-order chi connectivity index (χ0) is 12.0. The fourth-order valence-electron chi connectivity index (χ4n) is 3.66. The minimum Gasteiger partial charge on any atom is -0.380 e. The molecule has 2 fully saturated rings. The number of hydrogen-bond acceptors (Lipinski definition) is 2. The van der Waals surface area contributed by atoms with Gasteiger partial charge >= 0.3 is 0 Å². The maximum atomic E-state index is 5.55. The highest BCUT2D eigenvalue weighted by Gasteiger charge is 2.50. The molecule has 0 unspecified atom stereocenters. The van der Waals surface area contributed by atoms with Crippen LogP contribution in [0.25, 0.3) is 0 Å². The molecular weight excluding hydrogens is 198 g/mol. The monoisotopic (exact) mass is 223 g/mol. The number of fused-ring (bicyclic) bond motifs is 1. The average molecular weight is 223 g/mol. The molecule has 0 N–H and O–H groups in total. The van der Waals surface area contributed by atoms with Crippen LogP contribution in [-0.4, -0.2) is 36.7 Å². The summed E-state index contributed by atoms with van der Waals surface area (Å²) in [5.41, 5.74) is 2.13. The lowest BCUT2D eigenvalue weighted by Crippen LogP contribution is -2.41. The summed E-state index contributed by atoms with van der Waals surface area (Å²) >= 11 is 0. The molecule has 0 spiro atoms. The van der Waals surface area contributed by atoms with Crippen molar-refractivity contribution in [3.05, 3.63) is 12.2 Å². The van der Waals surface area contributed by atoms with E-state index in [0.717, 1.165) is 13.1 Å². The Morgan fingerprint density at radius 1 is 1.50 bits per heavy atom. The van der Waals surface area contributed by atoms with E-state index in [9.17, 15) is 0 Å². The van der Waals surface area contributed by atoms with Gasteiger partial charge in [0.2, 0.25) is 0 Å². The highest BCUT2D eigenvalue weighted by atomic mass is 16.5. The first kappa shape index (κ1) is 12.1. The third-order valence-electron chi connectivity index (χ3n) is 3.89. The molecule has 2 aliphatic rings.